The predicted molar refractivity (Wildman–Crippen MR) is 85.3 cm³/mol. The van der Waals surface area contributed by atoms with Crippen LogP contribution in [0.15, 0.2) is 53.4 Å². The number of nitrogens with zero attached hydrogens (tertiary/aromatic N) is 1. The molecule has 1 unspecified atom stereocenters. The molecule has 2 aromatic heterocycles. The lowest BCUT2D eigenvalue weighted by Gasteiger charge is -2.19. The maximum atomic E-state index is 5.74. The van der Waals surface area contributed by atoms with E-state index in [0.29, 0.717) is 0 Å². The van der Waals surface area contributed by atoms with E-state index < -0.39 is 0 Å². The van der Waals surface area contributed by atoms with Gasteiger partial charge >= 0.3 is 0 Å². The number of aryl methyl sites for hydroxylation is 1. The van der Waals surface area contributed by atoms with Crippen molar-refractivity contribution >= 4 is 10.8 Å². The Bertz CT molecular complexity index is 727. The van der Waals surface area contributed by atoms with Crippen LogP contribution < -0.4 is 5.32 Å². The van der Waals surface area contributed by atoms with Gasteiger partial charge in [-0.05, 0) is 48.5 Å². The van der Waals surface area contributed by atoms with Crippen molar-refractivity contribution in [1.29, 1.82) is 0 Å². The van der Waals surface area contributed by atoms with E-state index in [-0.39, 0.29) is 6.04 Å². The van der Waals surface area contributed by atoms with Crippen molar-refractivity contribution in [1.82, 2.24) is 10.3 Å². The van der Waals surface area contributed by atoms with Crippen LogP contribution in [0.3, 0.4) is 0 Å². The number of rotatable bonds is 5. The van der Waals surface area contributed by atoms with Crippen molar-refractivity contribution < 1.29 is 4.42 Å². The molecule has 1 N–H and O–H groups in total. The van der Waals surface area contributed by atoms with Crippen molar-refractivity contribution in [3.8, 4) is 0 Å². The number of nitrogens with one attached hydrogen (secondary N) is 1. The summed E-state index contributed by atoms with van der Waals surface area (Å²) in [5.74, 6) is 0.986. The first kappa shape index (κ1) is 13.8. The molecule has 108 valence electrons. The van der Waals surface area contributed by atoms with Crippen LogP contribution in [0.2, 0.25) is 0 Å². The summed E-state index contributed by atoms with van der Waals surface area (Å²) in [6.45, 7) is 5.20. The van der Waals surface area contributed by atoms with Crippen LogP contribution >= 0.6 is 0 Å². The lowest BCUT2D eigenvalue weighted by Crippen LogP contribution is -2.23. The molecular formula is C18H20N2O. The van der Waals surface area contributed by atoms with Crippen LogP contribution in [0, 0.1) is 6.92 Å². The second-order valence-electron chi connectivity index (χ2n) is 5.30. The monoisotopic (exact) mass is 280 g/mol. The van der Waals surface area contributed by atoms with Gasteiger partial charge in [0.2, 0.25) is 0 Å². The quantitative estimate of drug-likeness (QED) is 0.760. The number of aromatic nitrogens is 1. The number of hydrogen-bond donors (Lipinski definition) is 1. The van der Waals surface area contributed by atoms with Gasteiger partial charge in [0, 0.05) is 17.8 Å². The summed E-state index contributed by atoms with van der Waals surface area (Å²) in [4.78, 5) is 4.28. The lowest BCUT2D eigenvalue weighted by molar-refractivity contribution is 0.445. The highest BCUT2D eigenvalue weighted by atomic mass is 16.3. The average Bonchev–Trinajstić information content (AvgIpc) is 2.94. The van der Waals surface area contributed by atoms with Gasteiger partial charge < -0.3 is 9.73 Å². The zero-order chi connectivity index (χ0) is 14.7. The molecule has 0 fully saturated rings. The summed E-state index contributed by atoms with van der Waals surface area (Å²) in [5.41, 5.74) is 2.39. The first-order valence-corrected chi connectivity index (χ1v) is 7.41. The highest BCUT2D eigenvalue weighted by Crippen LogP contribution is 2.30. The number of fused-ring (bicyclic) bond motifs is 1. The topological polar surface area (TPSA) is 38.1 Å². The molecule has 0 bridgehead atoms. The summed E-state index contributed by atoms with van der Waals surface area (Å²) in [7, 11) is 0. The van der Waals surface area contributed by atoms with E-state index in [9.17, 15) is 0 Å². The average molecular weight is 280 g/mol. The van der Waals surface area contributed by atoms with E-state index in [2.05, 4.69) is 42.3 Å². The van der Waals surface area contributed by atoms with Crippen LogP contribution in [0.5, 0.6) is 0 Å². The van der Waals surface area contributed by atoms with Gasteiger partial charge in [0.05, 0.1) is 12.3 Å². The lowest BCUT2D eigenvalue weighted by atomic mass is 9.97. The minimum Gasteiger partial charge on any atom is -0.467 e. The molecule has 0 aliphatic heterocycles. The standard InChI is InChI=1S/C18H20N2O/c1-3-9-20-17(18-13(2)8-11-21-18)15-6-4-5-14-7-10-19-12-16(14)15/h4-8,10-12,17,20H,3,9H2,1-2H3. The van der Waals surface area contributed by atoms with Gasteiger partial charge in [-0.2, -0.15) is 0 Å². The molecule has 3 rings (SSSR count). The summed E-state index contributed by atoms with van der Waals surface area (Å²) >= 11 is 0. The van der Waals surface area contributed by atoms with Crippen molar-refractivity contribution in [2.45, 2.75) is 26.3 Å². The summed E-state index contributed by atoms with van der Waals surface area (Å²) in [5, 5.41) is 5.97. The molecule has 0 spiro atoms. The minimum absolute atomic E-state index is 0.0628. The summed E-state index contributed by atoms with van der Waals surface area (Å²) in [6.07, 6.45) is 6.61. The highest BCUT2D eigenvalue weighted by Gasteiger charge is 2.20. The first-order valence-electron chi connectivity index (χ1n) is 7.41. The van der Waals surface area contributed by atoms with Crippen LogP contribution in [0.4, 0.5) is 0 Å². The Labute approximate surface area is 125 Å². The molecule has 3 heteroatoms. The van der Waals surface area contributed by atoms with Crippen molar-refractivity contribution in [3.63, 3.8) is 0 Å². The predicted octanol–water partition coefficient (Wildman–Crippen LogP) is 4.23. The fraction of sp³-hybridized carbons (Fsp3) is 0.278. The van der Waals surface area contributed by atoms with E-state index in [0.717, 1.165) is 18.7 Å². The number of hydrogen-bond acceptors (Lipinski definition) is 3. The molecule has 1 aromatic carbocycles. The second-order valence-corrected chi connectivity index (χ2v) is 5.30. The molecule has 3 nitrogen and oxygen atoms in total. The smallest absolute Gasteiger partial charge is 0.128 e. The second kappa shape index (κ2) is 6.10. The zero-order valence-corrected chi connectivity index (χ0v) is 12.5. The molecule has 0 amide bonds. The number of furan rings is 1. The van der Waals surface area contributed by atoms with E-state index >= 15 is 0 Å². The molecule has 1 atom stereocenters. The third-order valence-corrected chi connectivity index (χ3v) is 3.79. The van der Waals surface area contributed by atoms with Gasteiger partial charge in [0.25, 0.3) is 0 Å². The Morgan fingerprint density at radius 1 is 1.24 bits per heavy atom. The molecule has 0 aliphatic rings. The fourth-order valence-corrected chi connectivity index (χ4v) is 2.70. The molecule has 2 heterocycles. The molecule has 0 aliphatic carbocycles. The van der Waals surface area contributed by atoms with E-state index in [1.807, 2.05) is 24.5 Å². The fourth-order valence-electron chi connectivity index (χ4n) is 2.70. The van der Waals surface area contributed by atoms with Crippen molar-refractivity contribution in [2.75, 3.05) is 6.54 Å². The van der Waals surface area contributed by atoms with Crippen LogP contribution in [0.25, 0.3) is 10.8 Å². The van der Waals surface area contributed by atoms with Crippen molar-refractivity contribution in [3.05, 3.63) is 65.9 Å². The van der Waals surface area contributed by atoms with E-state index in [1.165, 1.54) is 21.9 Å². The molecule has 0 radical (unpaired) electrons. The number of pyridine rings is 1. The Kier molecular flexibility index (Phi) is 4.02. The Morgan fingerprint density at radius 3 is 2.90 bits per heavy atom. The largest absolute Gasteiger partial charge is 0.467 e. The SMILES string of the molecule is CCCNC(c1occc1C)c1cccc2ccncc12. The van der Waals surface area contributed by atoms with Gasteiger partial charge in [0.15, 0.2) is 0 Å². The molecule has 3 aromatic rings. The van der Waals surface area contributed by atoms with Crippen LogP contribution in [-0.2, 0) is 0 Å². The molecule has 21 heavy (non-hydrogen) atoms. The van der Waals surface area contributed by atoms with Gasteiger partial charge in [-0.1, -0.05) is 25.1 Å². The third-order valence-electron chi connectivity index (χ3n) is 3.79. The van der Waals surface area contributed by atoms with Gasteiger partial charge in [-0.15, -0.1) is 0 Å². The first-order chi connectivity index (χ1) is 10.3. The van der Waals surface area contributed by atoms with Crippen LogP contribution in [0.1, 0.15) is 36.3 Å². The Balaban J connectivity index is 2.12. The van der Waals surface area contributed by atoms with Crippen LogP contribution in [-0.4, -0.2) is 11.5 Å². The zero-order valence-electron chi connectivity index (χ0n) is 12.5. The molecular weight excluding hydrogens is 260 g/mol. The summed E-state index contributed by atoms with van der Waals surface area (Å²) in [6, 6.07) is 10.5. The van der Waals surface area contributed by atoms with Crippen molar-refractivity contribution in [2.24, 2.45) is 0 Å². The van der Waals surface area contributed by atoms with Gasteiger partial charge in [-0.3, -0.25) is 4.98 Å². The maximum absolute atomic E-state index is 5.74. The summed E-state index contributed by atoms with van der Waals surface area (Å²) < 4.78 is 5.74. The normalized spacial score (nSPS) is 12.7. The van der Waals surface area contributed by atoms with Gasteiger partial charge in [0.1, 0.15) is 5.76 Å². The van der Waals surface area contributed by atoms with Gasteiger partial charge in [-0.25, -0.2) is 0 Å². The highest BCUT2D eigenvalue weighted by molar-refractivity contribution is 5.85. The molecule has 0 saturated carbocycles. The Morgan fingerprint density at radius 2 is 2.14 bits per heavy atom. The minimum atomic E-state index is 0.0628. The third kappa shape index (κ3) is 2.69. The maximum Gasteiger partial charge on any atom is 0.128 e. The van der Waals surface area contributed by atoms with E-state index in [4.69, 9.17) is 4.42 Å². The Hall–Kier alpha value is -2.13. The number of benzene rings is 1. The molecule has 0 saturated heterocycles. The van der Waals surface area contributed by atoms with E-state index in [1.54, 1.807) is 6.26 Å².